The number of aliphatic hydroxyl groups excluding tert-OH is 1. The van der Waals surface area contributed by atoms with Crippen molar-refractivity contribution >= 4 is 16.4 Å². The third-order valence-corrected chi connectivity index (χ3v) is 5.35. The molecule has 0 saturated carbocycles. The van der Waals surface area contributed by atoms with Crippen LogP contribution < -0.4 is 4.74 Å². The minimum atomic E-state index is -1.78. The number of aliphatic hydroxyl groups is 1. The van der Waals surface area contributed by atoms with E-state index in [0.29, 0.717) is 0 Å². The molecule has 24 heavy (non-hydrogen) atoms. The highest BCUT2D eigenvalue weighted by atomic mass is 28.4. The topological polar surface area (TPSA) is 38.7 Å². The molecule has 0 spiro atoms. The minimum absolute atomic E-state index is 0.103. The number of hydrogen-bond acceptors (Lipinski definition) is 3. The summed E-state index contributed by atoms with van der Waals surface area (Å²) in [5, 5.41) is 10.6. The average Bonchev–Trinajstić information content (AvgIpc) is 2.48. The maximum Gasteiger partial charge on any atom is 0.184 e. The molecule has 3 nitrogen and oxygen atoms in total. The van der Waals surface area contributed by atoms with Crippen LogP contribution in [0, 0.1) is 17.4 Å². The van der Waals surface area contributed by atoms with Gasteiger partial charge in [0, 0.05) is 5.92 Å². The molecular formula is C19H32O3Si2. The molecule has 5 heteroatoms. The minimum Gasteiger partial charge on any atom is -0.497 e. The van der Waals surface area contributed by atoms with Crippen molar-refractivity contribution in [3.63, 3.8) is 0 Å². The highest BCUT2D eigenvalue weighted by Crippen LogP contribution is 2.32. The van der Waals surface area contributed by atoms with Gasteiger partial charge in [-0.1, -0.05) is 44.6 Å². The van der Waals surface area contributed by atoms with Crippen molar-refractivity contribution in [2.45, 2.75) is 58.4 Å². The van der Waals surface area contributed by atoms with E-state index in [1.807, 2.05) is 31.2 Å². The summed E-state index contributed by atoms with van der Waals surface area (Å²) in [6.45, 7) is 15.0. The van der Waals surface area contributed by atoms with Gasteiger partial charge in [-0.3, -0.25) is 0 Å². The quantitative estimate of drug-likeness (QED) is 0.598. The van der Waals surface area contributed by atoms with Crippen LogP contribution in [0.25, 0.3) is 0 Å². The number of hydrogen-bond donors (Lipinski definition) is 1. The molecule has 0 amide bonds. The molecule has 0 aliphatic heterocycles. The van der Waals surface area contributed by atoms with Gasteiger partial charge < -0.3 is 14.3 Å². The number of benzene rings is 1. The van der Waals surface area contributed by atoms with E-state index in [-0.39, 0.29) is 12.0 Å². The smallest absolute Gasteiger partial charge is 0.184 e. The summed E-state index contributed by atoms with van der Waals surface area (Å²) in [6.07, 6.45) is -0.867. The van der Waals surface area contributed by atoms with Crippen LogP contribution in [-0.4, -0.2) is 34.7 Å². The maximum absolute atomic E-state index is 10.6. The maximum atomic E-state index is 10.6. The lowest BCUT2D eigenvalue weighted by atomic mass is 9.93. The first-order valence-corrected chi connectivity index (χ1v) is 15.4. The number of ether oxygens (including phenoxy) is 1. The Morgan fingerprint density at radius 2 is 1.54 bits per heavy atom. The predicted octanol–water partition coefficient (Wildman–Crippen LogP) is 4.47. The molecule has 0 fully saturated rings. The van der Waals surface area contributed by atoms with Crippen LogP contribution in [0.1, 0.15) is 18.6 Å². The summed E-state index contributed by atoms with van der Waals surface area (Å²) in [5.74, 6) is 3.77. The van der Waals surface area contributed by atoms with Crippen LogP contribution in [0.4, 0.5) is 0 Å². The summed E-state index contributed by atoms with van der Waals surface area (Å²) >= 11 is 0. The van der Waals surface area contributed by atoms with Crippen molar-refractivity contribution in [2.75, 3.05) is 7.11 Å². The fourth-order valence-electron chi connectivity index (χ4n) is 2.24. The molecule has 1 rings (SSSR count). The fourth-order valence-corrected chi connectivity index (χ4v) is 3.93. The molecule has 0 heterocycles. The second-order valence-corrected chi connectivity index (χ2v) is 17.5. The van der Waals surface area contributed by atoms with Gasteiger partial charge in [-0.2, -0.15) is 0 Å². The molecule has 1 N–H and O–H groups in total. The Bertz CT molecular complexity index is 574. The van der Waals surface area contributed by atoms with Crippen LogP contribution in [0.3, 0.4) is 0 Å². The second kappa shape index (κ2) is 8.35. The summed E-state index contributed by atoms with van der Waals surface area (Å²) in [6, 6.07) is 7.89. The fraction of sp³-hybridized carbons (Fsp3) is 0.579. The average molecular weight is 365 g/mol. The van der Waals surface area contributed by atoms with E-state index in [1.165, 1.54) is 0 Å². The Labute approximate surface area is 149 Å². The molecule has 0 unspecified atom stereocenters. The van der Waals surface area contributed by atoms with Crippen LogP contribution in [0.15, 0.2) is 24.3 Å². The Morgan fingerprint density at radius 1 is 1.00 bits per heavy atom. The number of rotatable bonds is 6. The van der Waals surface area contributed by atoms with Gasteiger partial charge in [-0.05, 0) is 37.3 Å². The summed E-state index contributed by atoms with van der Waals surface area (Å²) < 4.78 is 11.6. The second-order valence-electron chi connectivity index (χ2n) is 8.25. The van der Waals surface area contributed by atoms with Crippen LogP contribution in [-0.2, 0) is 4.43 Å². The first-order chi connectivity index (χ1) is 10.9. The van der Waals surface area contributed by atoms with Gasteiger partial charge >= 0.3 is 0 Å². The van der Waals surface area contributed by atoms with Crippen LogP contribution in [0.2, 0.25) is 39.3 Å². The Hall–Kier alpha value is -1.07. The molecule has 0 radical (unpaired) electrons. The van der Waals surface area contributed by atoms with E-state index in [2.05, 4.69) is 50.7 Å². The SMILES string of the molecule is COc1ccc([C@@H](O[Si](C)(C)C)[C@@H](C)[C@@H](O)C#C[Si](C)(C)C)cc1. The summed E-state index contributed by atoms with van der Waals surface area (Å²) in [4.78, 5) is 0. The lowest BCUT2D eigenvalue weighted by molar-refractivity contribution is 0.0605. The highest BCUT2D eigenvalue weighted by Gasteiger charge is 2.30. The Kier molecular flexibility index (Phi) is 7.30. The van der Waals surface area contributed by atoms with E-state index >= 15 is 0 Å². The summed E-state index contributed by atoms with van der Waals surface area (Å²) in [7, 11) is -1.63. The monoisotopic (exact) mass is 364 g/mol. The molecule has 3 atom stereocenters. The van der Waals surface area contributed by atoms with Crippen molar-refractivity contribution in [3.8, 4) is 17.2 Å². The lowest BCUT2D eigenvalue weighted by Crippen LogP contribution is -2.34. The molecule has 1 aromatic rings. The van der Waals surface area contributed by atoms with Gasteiger partial charge in [0.05, 0.1) is 13.2 Å². The molecule has 0 aromatic heterocycles. The van der Waals surface area contributed by atoms with Crippen molar-refractivity contribution in [2.24, 2.45) is 5.92 Å². The van der Waals surface area contributed by atoms with Gasteiger partial charge in [-0.15, -0.1) is 5.54 Å². The van der Waals surface area contributed by atoms with Gasteiger partial charge in [0.15, 0.2) is 8.32 Å². The molecule has 0 aliphatic carbocycles. The van der Waals surface area contributed by atoms with E-state index in [4.69, 9.17) is 9.16 Å². The zero-order valence-electron chi connectivity index (χ0n) is 16.3. The van der Waals surface area contributed by atoms with Crippen LogP contribution >= 0.6 is 0 Å². The van der Waals surface area contributed by atoms with Crippen molar-refractivity contribution in [1.29, 1.82) is 0 Å². The van der Waals surface area contributed by atoms with Crippen LogP contribution in [0.5, 0.6) is 5.75 Å². The van der Waals surface area contributed by atoms with E-state index in [1.54, 1.807) is 7.11 Å². The third kappa shape index (κ3) is 7.22. The molecule has 0 saturated heterocycles. The zero-order valence-corrected chi connectivity index (χ0v) is 18.3. The predicted molar refractivity (Wildman–Crippen MR) is 106 cm³/mol. The van der Waals surface area contributed by atoms with Gasteiger partial charge in [0.2, 0.25) is 0 Å². The molecule has 0 bridgehead atoms. The van der Waals surface area contributed by atoms with Crippen molar-refractivity contribution in [1.82, 2.24) is 0 Å². The van der Waals surface area contributed by atoms with E-state index < -0.39 is 22.5 Å². The van der Waals surface area contributed by atoms with Crippen molar-refractivity contribution < 1.29 is 14.3 Å². The first kappa shape index (κ1) is 21.0. The van der Waals surface area contributed by atoms with E-state index in [9.17, 15) is 5.11 Å². The first-order valence-electron chi connectivity index (χ1n) is 8.45. The van der Waals surface area contributed by atoms with Gasteiger partial charge in [0.1, 0.15) is 19.9 Å². The molecule has 0 aliphatic rings. The van der Waals surface area contributed by atoms with Crippen molar-refractivity contribution in [3.05, 3.63) is 29.8 Å². The standard InChI is InChI=1S/C19H32O3Si2/c1-15(18(20)13-14-23(3,4)5)19(22-24(6,7)8)16-9-11-17(21-2)12-10-16/h9-12,15,18-20H,1-8H3/t15-,18-,19-/m0/s1. The van der Waals surface area contributed by atoms with E-state index in [0.717, 1.165) is 11.3 Å². The lowest BCUT2D eigenvalue weighted by Gasteiger charge is -2.32. The summed E-state index contributed by atoms with van der Waals surface area (Å²) in [5.41, 5.74) is 4.32. The normalized spacial score (nSPS) is 15.9. The molecular weight excluding hydrogens is 332 g/mol. The number of methoxy groups -OCH3 is 1. The van der Waals surface area contributed by atoms with Gasteiger partial charge in [0.25, 0.3) is 0 Å². The molecule has 1 aromatic carbocycles. The largest absolute Gasteiger partial charge is 0.497 e. The molecule has 134 valence electrons. The highest BCUT2D eigenvalue weighted by molar-refractivity contribution is 6.83. The third-order valence-electron chi connectivity index (χ3n) is 3.50. The zero-order chi connectivity index (χ0) is 18.5. The van der Waals surface area contributed by atoms with Gasteiger partial charge in [-0.25, -0.2) is 0 Å². The Balaban J connectivity index is 3.09. The Morgan fingerprint density at radius 3 is 1.96 bits per heavy atom.